The second kappa shape index (κ2) is 19.2. The standard InChI is InChI=1S/C41H31N2O.C20H26NSi.Ir/c1-41(2,3)29-25-33(27-15-6-4-7-16-27)38(34(26-29)28-17-8-5-9-18-28)43-36-23-12-11-22-35(36)42-40(43)32-21-14-20-31-30-19-10-13-24-37(30)44-39(31)32;1-22(2,3)20-15-21-19(17-11-5-4-6-12-17)14-18(20)13-16-9-7-8-10-16;/h4-20,22-26H,1-3H3;4-6,11,14-16H,7-10,13H2,1-3H3;/q2*-1;. The maximum absolute atomic E-state index is 6.53. The summed E-state index contributed by atoms with van der Waals surface area (Å²) in [6, 6.07) is 64.1. The molecule has 1 fully saturated rings. The summed E-state index contributed by atoms with van der Waals surface area (Å²) in [5.41, 5.74) is 15.1. The number of para-hydroxylation sites is 3. The smallest absolute Gasteiger partial charge is 0.120 e. The number of benzene rings is 7. The molecule has 0 saturated heterocycles. The first-order valence-electron chi connectivity index (χ1n) is 23.6. The van der Waals surface area contributed by atoms with E-state index in [2.05, 4.69) is 191 Å². The van der Waals surface area contributed by atoms with Crippen molar-refractivity contribution < 1.29 is 24.5 Å². The van der Waals surface area contributed by atoms with Gasteiger partial charge in [0.15, 0.2) is 0 Å². The van der Waals surface area contributed by atoms with Crippen LogP contribution in [0.5, 0.6) is 0 Å². The van der Waals surface area contributed by atoms with Crippen LogP contribution in [0.2, 0.25) is 19.6 Å². The van der Waals surface area contributed by atoms with E-state index in [4.69, 9.17) is 14.4 Å². The molecular formula is C61H57IrN3OSi-2. The van der Waals surface area contributed by atoms with E-state index in [1.807, 2.05) is 36.4 Å². The second-order valence-corrected chi connectivity index (χ2v) is 25.0. The van der Waals surface area contributed by atoms with Gasteiger partial charge in [0, 0.05) is 42.8 Å². The largest absolute Gasteiger partial charge is 0.501 e. The molecule has 4 nitrogen and oxygen atoms in total. The van der Waals surface area contributed by atoms with E-state index >= 15 is 0 Å². The van der Waals surface area contributed by atoms with Crippen LogP contribution in [0.4, 0.5) is 0 Å². The number of fused-ring (bicyclic) bond motifs is 4. The minimum absolute atomic E-state index is 0. The molecule has 1 aliphatic rings. The molecule has 337 valence electrons. The van der Waals surface area contributed by atoms with Crippen molar-refractivity contribution in [1.29, 1.82) is 0 Å². The monoisotopic (exact) mass is 1070 g/mol. The number of furan rings is 1. The third-order valence-electron chi connectivity index (χ3n) is 13.3. The molecule has 0 unspecified atom stereocenters. The molecule has 7 aromatic carbocycles. The maximum Gasteiger partial charge on any atom is 0.120 e. The van der Waals surface area contributed by atoms with Crippen LogP contribution in [0.25, 0.3) is 83.6 Å². The predicted molar refractivity (Wildman–Crippen MR) is 279 cm³/mol. The van der Waals surface area contributed by atoms with Crippen LogP contribution in [0.1, 0.15) is 57.6 Å². The number of hydrogen-bond donors (Lipinski definition) is 0. The number of nitrogens with zero attached hydrogens (tertiary/aromatic N) is 3. The average molecular weight is 1070 g/mol. The number of aromatic nitrogens is 3. The van der Waals surface area contributed by atoms with Crippen LogP contribution in [0.15, 0.2) is 174 Å². The fourth-order valence-corrected chi connectivity index (χ4v) is 11.4. The van der Waals surface area contributed by atoms with Crippen LogP contribution in [-0.2, 0) is 31.9 Å². The Kier molecular flexibility index (Phi) is 13.2. The topological polar surface area (TPSA) is 43.9 Å². The summed E-state index contributed by atoms with van der Waals surface area (Å²) < 4.78 is 8.86. The van der Waals surface area contributed by atoms with Crippen LogP contribution in [0, 0.1) is 18.1 Å². The molecule has 3 heterocycles. The first-order chi connectivity index (χ1) is 32.0. The summed E-state index contributed by atoms with van der Waals surface area (Å²) in [5, 5.41) is 3.69. The Morgan fingerprint density at radius 2 is 1.33 bits per heavy atom. The summed E-state index contributed by atoms with van der Waals surface area (Å²) in [6.07, 6.45) is 9.03. The number of imidazole rings is 1. The van der Waals surface area contributed by atoms with E-state index in [1.165, 1.54) is 37.7 Å². The number of pyridine rings is 1. The molecule has 67 heavy (non-hydrogen) atoms. The van der Waals surface area contributed by atoms with Gasteiger partial charge in [0.25, 0.3) is 0 Å². The van der Waals surface area contributed by atoms with E-state index in [0.29, 0.717) is 0 Å². The van der Waals surface area contributed by atoms with E-state index in [1.54, 1.807) is 10.8 Å². The fourth-order valence-electron chi connectivity index (χ4n) is 9.83. The Balaban J connectivity index is 0.000000206. The van der Waals surface area contributed by atoms with Crippen LogP contribution in [0.3, 0.4) is 0 Å². The Labute approximate surface area is 410 Å². The molecule has 1 aliphatic carbocycles. The predicted octanol–water partition coefficient (Wildman–Crippen LogP) is 15.8. The quantitative estimate of drug-likeness (QED) is 0.112. The zero-order valence-corrected chi connectivity index (χ0v) is 42.8. The Hall–Kier alpha value is -6.17. The first-order valence-corrected chi connectivity index (χ1v) is 27.1. The minimum atomic E-state index is -1.35. The van der Waals surface area contributed by atoms with Gasteiger partial charge in [0.2, 0.25) is 0 Å². The third kappa shape index (κ3) is 9.41. The van der Waals surface area contributed by atoms with E-state index in [0.717, 1.165) is 89.5 Å². The van der Waals surface area contributed by atoms with Crippen molar-refractivity contribution in [2.24, 2.45) is 5.92 Å². The molecule has 0 atom stereocenters. The summed E-state index contributed by atoms with van der Waals surface area (Å²) in [4.78, 5) is 10.0. The minimum Gasteiger partial charge on any atom is -0.501 e. The van der Waals surface area contributed by atoms with Crippen LogP contribution < -0.4 is 5.19 Å². The summed E-state index contributed by atoms with van der Waals surface area (Å²) in [5.74, 6) is 1.68. The van der Waals surface area contributed by atoms with Gasteiger partial charge in [-0.2, -0.15) is 0 Å². The van der Waals surface area contributed by atoms with Gasteiger partial charge in [-0.15, -0.1) is 54.1 Å². The Bertz CT molecular complexity index is 3240. The molecule has 1 saturated carbocycles. The van der Waals surface area contributed by atoms with Crippen molar-refractivity contribution in [3.8, 4) is 50.6 Å². The Morgan fingerprint density at radius 1 is 0.687 bits per heavy atom. The summed E-state index contributed by atoms with van der Waals surface area (Å²) in [7, 11) is -1.35. The van der Waals surface area contributed by atoms with Gasteiger partial charge in [-0.05, 0) is 75.7 Å². The number of hydrogen-bond acceptors (Lipinski definition) is 3. The first kappa shape index (κ1) is 46.0. The van der Waals surface area contributed by atoms with E-state index in [-0.39, 0.29) is 25.5 Å². The van der Waals surface area contributed by atoms with Crippen molar-refractivity contribution in [2.75, 3.05) is 0 Å². The van der Waals surface area contributed by atoms with Crippen molar-refractivity contribution in [3.63, 3.8) is 0 Å². The number of rotatable bonds is 8. The van der Waals surface area contributed by atoms with Crippen molar-refractivity contribution >= 4 is 46.2 Å². The van der Waals surface area contributed by atoms with Gasteiger partial charge in [0.1, 0.15) is 5.58 Å². The SMILES string of the molecule is CC(C)(C)c1cc(-c2ccccc2)c(-n2c(-c3[c-]ccc4c3oc3ccccc34)nc3ccccc32)c(-c2ccccc2)c1.C[Si](C)(C)c1cnc(-c2[c-]cccc2)cc1CC1CCCC1.[Ir]. The molecule has 3 aromatic heterocycles. The zero-order valence-electron chi connectivity index (χ0n) is 39.4. The molecule has 0 spiro atoms. The molecule has 1 radical (unpaired) electrons. The van der Waals surface area contributed by atoms with Gasteiger partial charge in [-0.3, -0.25) is 4.98 Å². The van der Waals surface area contributed by atoms with E-state index < -0.39 is 8.07 Å². The van der Waals surface area contributed by atoms with Gasteiger partial charge in [-0.1, -0.05) is 180 Å². The molecule has 10 aromatic rings. The van der Waals surface area contributed by atoms with Gasteiger partial charge >= 0.3 is 0 Å². The van der Waals surface area contributed by atoms with Crippen molar-refractivity contribution in [3.05, 3.63) is 193 Å². The second-order valence-electron chi connectivity index (χ2n) is 20.0. The molecule has 0 bridgehead atoms. The maximum atomic E-state index is 6.53. The van der Waals surface area contributed by atoms with Crippen LogP contribution in [-0.4, -0.2) is 22.6 Å². The molecular weight excluding hydrogens is 1010 g/mol. The van der Waals surface area contributed by atoms with Crippen molar-refractivity contribution in [2.45, 2.75) is 77.9 Å². The summed E-state index contributed by atoms with van der Waals surface area (Å²) in [6.45, 7) is 14.1. The van der Waals surface area contributed by atoms with Crippen LogP contribution >= 0.6 is 0 Å². The third-order valence-corrected chi connectivity index (χ3v) is 15.3. The molecule has 0 aliphatic heterocycles. The molecule has 0 amide bonds. The molecule has 6 heteroatoms. The zero-order chi connectivity index (χ0) is 45.4. The van der Waals surface area contributed by atoms with Gasteiger partial charge < -0.3 is 14.0 Å². The van der Waals surface area contributed by atoms with Gasteiger partial charge in [-0.25, -0.2) is 0 Å². The molecule has 11 rings (SSSR count). The van der Waals surface area contributed by atoms with Gasteiger partial charge in [0.05, 0.1) is 36.2 Å². The van der Waals surface area contributed by atoms with Crippen molar-refractivity contribution in [1.82, 2.24) is 14.5 Å². The summed E-state index contributed by atoms with van der Waals surface area (Å²) >= 11 is 0. The fraction of sp³-hybridized carbons (Fsp3) is 0.213. The normalized spacial score (nSPS) is 13.2. The molecule has 0 N–H and O–H groups in total. The van der Waals surface area contributed by atoms with E-state index in [9.17, 15) is 0 Å². The average Bonchev–Trinajstić information content (AvgIpc) is 4.09. The Morgan fingerprint density at radius 3 is 1.99 bits per heavy atom.